The van der Waals surface area contributed by atoms with Crippen molar-refractivity contribution in [1.82, 2.24) is 0 Å². The topological polar surface area (TPSA) is 59.1 Å². The number of carbonyl (C=O) groups is 2. The van der Waals surface area contributed by atoms with Gasteiger partial charge in [0.15, 0.2) is 0 Å². The molecule has 2 aliphatic heterocycles. The Morgan fingerprint density at radius 3 is 2.69 bits per heavy atom. The molecule has 0 saturated carbocycles. The maximum absolute atomic E-state index is 12.9. The smallest absolute Gasteiger partial charge is 0.336 e. The molecular formula is C20H16BrNO4. The lowest BCUT2D eigenvalue weighted by Crippen LogP contribution is -2.32. The van der Waals surface area contributed by atoms with Gasteiger partial charge in [-0.05, 0) is 29.8 Å². The van der Waals surface area contributed by atoms with Crippen LogP contribution in [0.25, 0.3) is 6.08 Å². The first-order valence-electron chi connectivity index (χ1n) is 8.10. The molecule has 2 aliphatic rings. The molecule has 0 aliphatic carbocycles. The summed E-state index contributed by atoms with van der Waals surface area (Å²) in [5.74, 6) is -0.687. The maximum Gasteiger partial charge on any atom is 0.336 e. The summed E-state index contributed by atoms with van der Waals surface area (Å²) in [5.41, 5.74) is 1.54. The third-order valence-electron chi connectivity index (χ3n) is 4.78. The highest BCUT2D eigenvalue weighted by atomic mass is 79.9. The predicted molar refractivity (Wildman–Crippen MR) is 101 cm³/mol. The van der Waals surface area contributed by atoms with Gasteiger partial charge in [-0.3, -0.25) is 4.79 Å². The first-order valence-corrected chi connectivity index (χ1v) is 8.89. The molecule has 2 atom stereocenters. The molecule has 2 heterocycles. The largest absolute Gasteiger partial charge is 0.466 e. The highest BCUT2D eigenvalue weighted by Gasteiger charge is 2.71. The van der Waals surface area contributed by atoms with Crippen LogP contribution in [0.15, 0.2) is 58.6 Å². The van der Waals surface area contributed by atoms with E-state index >= 15 is 0 Å². The van der Waals surface area contributed by atoms with E-state index in [4.69, 9.17) is 9.47 Å². The molecule has 6 heteroatoms. The molecule has 1 unspecified atom stereocenters. The molecule has 1 amide bonds. The number of halogens is 1. The van der Waals surface area contributed by atoms with E-state index in [1.165, 1.54) is 7.11 Å². The van der Waals surface area contributed by atoms with Crippen molar-refractivity contribution in [3.63, 3.8) is 0 Å². The second-order valence-electron chi connectivity index (χ2n) is 6.26. The number of hydrogen-bond donors (Lipinski definition) is 0. The van der Waals surface area contributed by atoms with E-state index in [-0.39, 0.29) is 5.91 Å². The Labute approximate surface area is 159 Å². The summed E-state index contributed by atoms with van der Waals surface area (Å²) in [7, 11) is 3.03. The van der Waals surface area contributed by atoms with Gasteiger partial charge in [0.25, 0.3) is 5.91 Å². The third-order valence-corrected chi connectivity index (χ3v) is 5.28. The van der Waals surface area contributed by atoms with Gasteiger partial charge in [0.05, 0.1) is 18.4 Å². The van der Waals surface area contributed by atoms with Crippen LogP contribution < -0.4 is 4.90 Å². The summed E-state index contributed by atoms with van der Waals surface area (Å²) >= 11 is 3.45. The van der Waals surface area contributed by atoms with Crippen molar-refractivity contribution in [3.8, 4) is 0 Å². The fourth-order valence-corrected chi connectivity index (χ4v) is 3.82. The number of amides is 1. The molecular weight excluding hydrogens is 398 g/mol. The Balaban J connectivity index is 1.80. The van der Waals surface area contributed by atoms with Crippen LogP contribution in [0, 0.1) is 0 Å². The number of nitrogens with zero attached hydrogens (tertiary/aromatic N) is 1. The Morgan fingerprint density at radius 2 is 2.00 bits per heavy atom. The molecule has 0 aromatic heterocycles. The molecule has 2 aromatic carbocycles. The van der Waals surface area contributed by atoms with Crippen LogP contribution in [-0.2, 0) is 24.7 Å². The van der Waals surface area contributed by atoms with E-state index < -0.39 is 17.7 Å². The lowest BCUT2D eigenvalue weighted by atomic mass is 9.92. The number of epoxide rings is 1. The number of methoxy groups -OCH3 is 1. The van der Waals surface area contributed by atoms with Crippen molar-refractivity contribution in [2.45, 2.75) is 11.7 Å². The first-order chi connectivity index (χ1) is 12.5. The fourth-order valence-electron chi connectivity index (χ4n) is 3.46. The molecule has 0 N–H and O–H groups in total. The number of esters is 1. The minimum atomic E-state index is -1.16. The molecule has 1 saturated heterocycles. The molecule has 5 nitrogen and oxygen atoms in total. The first kappa shape index (κ1) is 17.0. The summed E-state index contributed by atoms with van der Waals surface area (Å²) in [6.07, 6.45) is 1.04. The predicted octanol–water partition coefficient (Wildman–Crippen LogP) is 3.28. The van der Waals surface area contributed by atoms with E-state index in [0.29, 0.717) is 5.57 Å². The molecule has 1 spiro atoms. The number of hydrogen-bond acceptors (Lipinski definition) is 4. The van der Waals surface area contributed by atoms with E-state index in [1.807, 2.05) is 48.5 Å². The normalized spacial score (nSPS) is 24.0. The van der Waals surface area contributed by atoms with Crippen LogP contribution in [0.3, 0.4) is 0 Å². The van der Waals surface area contributed by atoms with Crippen molar-refractivity contribution in [2.24, 2.45) is 0 Å². The molecule has 0 bridgehead atoms. The Hall–Kier alpha value is -2.44. The van der Waals surface area contributed by atoms with Crippen LogP contribution in [0.4, 0.5) is 5.69 Å². The van der Waals surface area contributed by atoms with Crippen molar-refractivity contribution in [2.75, 3.05) is 19.1 Å². The van der Waals surface area contributed by atoms with Crippen LogP contribution in [0.2, 0.25) is 0 Å². The number of ether oxygens (including phenoxy) is 2. The lowest BCUT2D eigenvalue weighted by molar-refractivity contribution is -0.136. The van der Waals surface area contributed by atoms with E-state index in [9.17, 15) is 9.59 Å². The zero-order valence-corrected chi connectivity index (χ0v) is 15.8. The fraction of sp³-hybridized carbons (Fsp3) is 0.200. The average Bonchev–Trinajstić information content (AvgIpc) is 3.37. The van der Waals surface area contributed by atoms with Crippen LogP contribution in [0.1, 0.15) is 11.1 Å². The highest BCUT2D eigenvalue weighted by molar-refractivity contribution is 9.10. The summed E-state index contributed by atoms with van der Waals surface area (Å²) < 4.78 is 11.7. The standard InChI is InChI=1S/C20H16BrNO4/c1-22-16-9-8-13(21)11-15(16)20(19(22)24)17(26-20)14(18(23)25-2)10-12-6-4-3-5-7-12/h3-11,17H,1-2H3/b14-10+/t17-,20?/m1/s1. The summed E-state index contributed by atoms with van der Waals surface area (Å²) in [6, 6.07) is 15.0. The van der Waals surface area contributed by atoms with Crippen LogP contribution >= 0.6 is 15.9 Å². The zero-order chi connectivity index (χ0) is 18.5. The van der Waals surface area contributed by atoms with Gasteiger partial charge in [0.1, 0.15) is 6.10 Å². The van der Waals surface area contributed by atoms with E-state index in [1.54, 1.807) is 18.0 Å². The average molecular weight is 414 g/mol. The van der Waals surface area contributed by atoms with Gasteiger partial charge in [0.2, 0.25) is 5.60 Å². The maximum atomic E-state index is 12.9. The van der Waals surface area contributed by atoms with Crippen molar-refractivity contribution in [1.29, 1.82) is 0 Å². The monoisotopic (exact) mass is 413 g/mol. The Bertz CT molecular complexity index is 940. The van der Waals surface area contributed by atoms with Crippen molar-refractivity contribution >= 4 is 39.6 Å². The summed E-state index contributed by atoms with van der Waals surface area (Å²) in [4.78, 5) is 26.9. The molecule has 132 valence electrons. The van der Waals surface area contributed by atoms with Gasteiger partial charge in [-0.1, -0.05) is 46.3 Å². The quantitative estimate of drug-likeness (QED) is 0.440. The van der Waals surface area contributed by atoms with Crippen LogP contribution in [0.5, 0.6) is 0 Å². The minimum Gasteiger partial charge on any atom is -0.466 e. The number of rotatable bonds is 3. The Morgan fingerprint density at radius 1 is 1.27 bits per heavy atom. The minimum absolute atomic E-state index is 0.182. The van der Waals surface area contributed by atoms with Crippen LogP contribution in [-0.4, -0.2) is 32.1 Å². The van der Waals surface area contributed by atoms with Gasteiger partial charge in [-0.25, -0.2) is 4.79 Å². The summed E-state index contributed by atoms with van der Waals surface area (Å²) in [5, 5.41) is 0. The van der Waals surface area contributed by atoms with Crippen molar-refractivity contribution in [3.05, 3.63) is 69.7 Å². The second-order valence-corrected chi connectivity index (χ2v) is 7.18. The molecule has 0 radical (unpaired) electrons. The van der Waals surface area contributed by atoms with Gasteiger partial charge < -0.3 is 14.4 Å². The number of carbonyl (C=O) groups excluding carboxylic acids is 2. The Kier molecular flexibility index (Phi) is 3.97. The third kappa shape index (κ3) is 2.40. The number of anilines is 1. The van der Waals surface area contributed by atoms with E-state index in [0.717, 1.165) is 21.3 Å². The number of likely N-dealkylation sites (N-methyl/N-ethyl adjacent to an activating group) is 1. The second kappa shape index (κ2) is 6.07. The molecule has 1 fully saturated rings. The van der Waals surface area contributed by atoms with E-state index in [2.05, 4.69) is 15.9 Å². The van der Waals surface area contributed by atoms with Gasteiger partial charge in [-0.2, -0.15) is 0 Å². The number of fused-ring (bicyclic) bond motifs is 2. The van der Waals surface area contributed by atoms with Crippen molar-refractivity contribution < 1.29 is 19.1 Å². The molecule has 26 heavy (non-hydrogen) atoms. The van der Waals surface area contributed by atoms with Gasteiger partial charge in [-0.15, -0.1) is 0 Å². The SMILES string of the molecule is COC(=O)/C(=C/c1ccccc1)[C@H]1OC12C(=O)N(C)c1ccc(Br)cc12. The molecule has 4 rings (SSSR count). The highest BCUT2D eigenvalue weighted by Crippen LogP contribution is 2.58. The van der Waals surface area contributed by atoms with Gasteiger partial charge in [0, 0.05) is 17.1 Å². The number of benzene rings is 2. The lowest BCUT2D eigenvalue weighted by Gasteiger charge is -2.09. The summed E-state index contributed by atoms with van der Waals surface area (Å²) in [6.45, 7) is 0. The molecule has 2 aromatic rings. The van der Waals surface area contributed by atoms with Gasteiger partial charge >= 0.3 is 5.97 Å². The zero-order valence-electron chi connectivity index (χ0n) is 14.2.